The molecule has 2 aromatic rings. The summed E-state index contributed by atoms with van der Waals surface area (Å²) >= 11 is 3.40. The Kier molecular flexibility index (Phi) is 5.56. The van der Waals surface area contributed by atoms with Crippen molar-refractivity contribution in [3.8, 4) is 0 Å². The van der Waals surface area contributed by atoms with Crippen LogP contribution >= 0.6 is 23.5 Å². The highest BCUT2D eigenvalue weighted by Gasteiger charge is 2.08. The summed E-state index contributed by atoms with van der Waals surface area (Å²) in [6, 6.07) is 15.6. The quantitative estimate of drug-likeness (QED) is 0.823. The number of thioether (sulfide) groups is 2. The van der Waals surface area contributed by atoms with Crippen molar-refractivity contribution in [3.63, 3.8) is 0 Å². The summed E-state index contributed by atoms with van der Waals surface area (Å²) in [4.78, 5) is 13.3. The van der Waals surface area contributed by atoms with E-state index in [1.807, 2.05) is 54.8 Å². The lowest BCUT2D eigenvalue weighted by Gasteiger charge is -2.09. The minimum absolute atomic E-state index is 0.0674. The summed E-state index contributed by atoms with van der Waals surface area (Å²) in [6.07, 6.45) is 4.07. The molecule has 104 valence electrons. The van der Waals surface area contributed by atoms with Gasteiger partial charge < -0.3 is 5.32 Å². The second kappa shape index (κ2) is 7.41. The van der Waals surface area contributed by atoms with E-state index < -0.39 is 0 Å². The second-order valence-corrected chi connectivity index (χ2v) is 6.00. The molecule has 2 rings (SSSR count). The summed E-state index contributed by atoms with van der Waals surface area (Å²) < 4.78 is 0. The van der Waals surface area contributed by atoms with Crippen LogP contribution in [0.2, 0.25) is 0 Å². The molecule has 2 aromatic carbocycles. The number of anilines is 1. The lowest BCUT2D eigenvalue weighted by molar-refractivity contribution is 0.102. The van der Waals surface area contributed by atoms with Gasteiger partial charge in [-0.05, 0) is 42.3 Å². The van der Waals surface area contributed by atoms with E-state index in [1.54, 1.807) is 23.5 Å². The number of hydrogen-bond donors (Lipinski definition) is 1. The highest BCUT2D eigenvalue weighted by molar-refractivity contribution is 7.98. The van der Waals surface area contributed by atoms with Crippen molar-refractivity contribution in [2.75, 3.05) is 17.8 Å². The molecule has 4 heteroatoms. The van der Waals surface area contributed by atoms with Gasteiger partial charge >= 0.3 is 0 Å². The van der Waals surface area contributed by atoms with E-state index in [9.17, 15) is 4.79 Å². The fourth-order valence-electron chi connectivity index (χ4n) is 1.86. The van der Waals surface area contributed by atoms with E-state index in [0.717, 1.165) is 16.3 Å². The molecule has 0 radical (unpaired) electrons. The first-order valence-corrected chi connectivity index (χ1v) is 8.88. The molecule has 0 atom stereocenters. The van der Waals surface area contributed by atoms with Gasteiger partial charge in [0.15, 0.2) is 0 Å². The summed E-state index contributed by atoms with van der Waals surface area (Å²) in [5.74, 6) is 0.902. The Morgan fingerprint density at radius 2 is 1.75 bits per heavy atom. The zero-order chi connectivity index (χ0) is 14.4. The van der Waals surface area contributed by atoms with Crippen molar-refractivity contribution in [2.24, 2.45) is 0 Å². The summed E-state index contributed by atoms with van der Waals surface area (Å²) in [7, 11) is 0. The predicted molar refractivity (Wildman–Crippen MR) is 89.8 cm³/mol. The van der Waals surface area contributed by atoms with Crippen molar-refractivity contribution in [1.82, 2.24) is 0 Å². The Balaban J connectivity index is 2.11. The molecule has 0 saturated carbocycles. The summed E-state index contributed by atoms with van der Waals surface area (Å²) in [5.41, 5.74) is 2.78. The lowest BCUT2D eigenvalue weighted by Crippen LogP contribution is -2.12. The van der Waals surface area contributed by atoms with Crippen LogP contribution in [0.15, 0.2) is 53.4 Å². The van der Waals surface area contributed by atoms with E-state index in [4.69, 9.17) is 0 Å². The number of nitrogens with one attached hydrogen (secondary N) is 1. The summed E-state index contributed by atoms with van der Waals surface area (Å²) in [5, 5.41) is 2.96. The van der Waals surface area contributed by atoms with Gasteiger partial charge in [-0.2, -0.15) is 11.8 Å². The predicted octanol–water partition coefficient (Wildman–Crippen LogP) is 4.52. The van der Waals surface area contributed by atoms with Gasteiger partial charge in [-0.15, -0.1) is 11.8 Å². The van der Waals surface area contributed by atoms with Crippen molar-refractivity contribution >= 4 is 35.1 Å². The SMILES string of the molecule is CSCc1ccc(C(=O)Nc2ccccc2SC)cc1. The molecule has 0 bridgehead atoms. The molecule has 0 fully saturated rings. The molecule has 0 aliphatic rings. The second-order valence-electron chi connectivity index (χ2n) is 4.28. The average molecular weight is 303 g/mol. The van der Waals surface area contributed by atoms with Crippen LogP contribution in [0.5, 0.6) is 0 Å². The number of hydrogen-bond acceptors (Lipinski definition) is 3. The van der Waals surface area contributed by atoms with Crippen LogP contribution in [0.3, 0.4) is 0 Å². The highest BCUT2D eigenvalue weighted by Crippen LogP contribution is 2.25. The van der Waals surface area contributed by atoms with Crippen molar-refractivity contribution in [3.05, 3.63) is 59.7 Å². The van der Waals surface area contributed by atoms with Gasteiger partial charge in [0, 0.05) is 16.2 Å². The topological polar surface area (TPSA) is 29.1 Å². The van der Waals surface area contributed by atoms with E-state index in [1.165, 1.54) is 5.56 Å². The minimum atomic E-state index is -0.0674. The molecular weight excluding hydrogens is 286 g/mol. The Labute approximate surface area is 128 Å². The van der Waals surface area contributed by atoms with E-state index in [2.05, 4.69) is 11.6 Å². The van der Waals surface area contributed by atoms with Gasteiger partial charge in [0.2, 0.25) is 0 Å². The third-order valence-electron chi connectivity index (χ3n) is 2.88. The van der Waals surface area contributed by atoms with Crippen molar-refractivity contribution in [2.45, 2.75) is 10.6 Å². The van der Waals surface area contributed by atoms with Gasteiger partial charge in [0.1, 0.15) is 0 Å². The zero-order valence-corrected chi connectivity index (χ0v) is 13.2. The van der Waals surface area contributed by atoms with Crippen LogP contribution < -0.4 is 5.32 Å². The van der Waals surface area contributed by atoms with Gasteiger partial charge in [-0.25, -0.2) is 0 Å². The fourth-order valence-corrected chi connectivity index (χ4v) is 2.94. The van der Waals surface area contributed by atoms with Crippen LogP contribution in [0.4, 0.5) is 5.69 Å². The molecule has 20 heavy (non-hydrogen) atoms. The third-order valence-corrected chi connectivity index (χ3v) is 4.30. The molecule has 0 heterocycles. The fraction of sp³-hybridized carbons (Fsp3) is 0.188. The third kappa shape index (κ3) is 3.81. The molecule has 0 aliphatic carbocycles. The maximum atomic E-state index is 12.2. The number of amides is 1. The monoisotopic (exact) mass is 303 g/mol. The van der Waals surface area contributed by atoms with Crippen LogP contribution in [0, 0.1) is 0 Å². The van der Waals surface area contributed by atoms with Crippen LogP contribution in [-0.2, 0) is 5.75 Å². The number of rotatable bonds is 5. The number of benzene rings is 2. The van der Waals surface area contributed by atoms with Gasteiger partial charge in [-0.3, -0.25) is 4.79 Å². The molecular formula is C16H17NOS2. The Morgan fingerprint density at radius 3 is 2.40 bits per heavy atom. The molecule has 0 aromatic heterocycles. The van der Waals surface area contributed by atoms with Crippen LogP contribution in [-0.4, -0.2) is 18.4 Å². The first kappa shape index (κ1) is 15.0. The normalized spacial score (nSPS) is 10.3. The van der Waals surface area contributed by atoms with Crippen molar-refractivity contribution < 1.29 is 4.79 Å². The maximum Gasteiger partial charge on any atom is 0.255 e. The maximum absolute atomic E-state index is 12.2. The molecule has 1 N–H and O–H groups in total. The Hall–Kier alpha value is -1.39. The molecule has 1 amide bonds. The lowest BCUT2D eigenvalue weighted by atomic mass is 10.1. The standard InChI is InChI=1S/C16H17NOS2/c1-19-11-12-7-9-13(10-8-12)16(18)17-14-5-3-4-6-15(14)20-2/h3-10H,11H2,1-2H3,(H,17,18). The Morgan fingerprint density at radius 1 is 1.05 bits per heavy atom. The van der Waals surface area contributed by atoms with Gasteiger partial charge in [0.05, 0.1) is 5.69 Å². The van der Waals surface area contributed by atoms with E-state index >= 15 is 0 Å². The highest BCUT2D eigenvalue weighted by atomic mass is 32.2. The first-order valence-electron chi connectivity index (χ1n) is 6.27. The van der Waals surface area contributed by atoms with Gasteiger partial charge in [0.25, 0.3) is 5.91 Å². The minimum Gasteiger partial charge on any atom is -0.321 e. The van der Waals surface area contributed by atoms with E-state index in [0.29, 0.717) is 5.56 Å². The molecule has 0 saturated heterocycles. The number of carbonyl (C=O) groups is 1. The molecule has 0 aliphatic heterocycles. The van der Waals surface area contributed by atoms with Crippen LogP contribution in [0.1, 0.15) is 15.9 Å². The van der Waals surface area contributed by atoms with E-state index in [-0.39, 0.29) is 5.91 Å². The van der Waals surface area contributed by atoms with Gasteiger partial charge in [-0.1, -0.05) is 24.3 Å². The number of carbonyl (C=O) groups excluding carboxylic acids is 1. The average Bonchev–Trinajstić information content (AvgIpc) is 2.49. The molecule has 0 spiro atoms. The Bertz CT molecular complexity index is 581. The smallest absolute Gasteiger partial charge is 0.255 e. The largest absolute Gasteiger partial charge is 0.321 e. The van der Waals surface area contributed by atoms with Crippen LogP contribution in [0.25, 0.3) is 0 Å². The number of para-hydroxylation sites is 1. The van der Waals surface area contributed by atoms with Crippen molar-refractivity contribution in [1.29, 1.82) is 0 Å². The zero-order valence-electron chi connectivity index (χ0n) is 11.6. The molecule has 0 unspecified atom stereocenters. The summed E-state index contributed by atoms with van der Waals surface area (Å²) in [6.45, 7) is 0. The first-order chi connectivity index (χ1) is 9.74. The molecule has 2 nitrogen and oxygen atoms in total.